The summed E-state index contributed by atoms with van der Waals surface area (Å²) in [5.41, 5.74) is 7.91. The molecule has 3 rings (SSSR count). The number of Topliss-reactive ketones (excluding diaryl/α,β-unsaturated/α-hetero) is 2. The van der Waals surface area contributed by atoms with E-state index in [0.717, 1.165) is 5.57 Å². The summed E-state index contributed by atoms with van der Waals surface area (Å²) >= 11 is 0. The fourth-order valence-electron chi connectivity index (χ4n) is 9.31. The molecule has 0 spiro atoms. The predicted octanol–water partition coefficient (Wildman–Crippen LogP) is 9.33. The number of ether oxygens (including phenoxy) is 3. The van der Waals surface area contributed by atoms with E-state index in [9.17, 15) is 47.9 Å². The second-order valence-electron chi connectivity index (χ2n) is 23.3. The molecule has 2 heterocycles. The van der Waals surface area contributed by atoms with Crippen LogP contribution >= 0.6 is 0 Å². The summed E-state index contributed by atoms with van der Waals surface area (Å²) in [4.78, 5) is 129. The van der Waals surface area contributed by atoms with Gasteiger partial charge in [-0.15, -0.1) is 0 Å². The number of ketones is 2. The van der Waals surface area contributed by atoms with Gasteiger partial charge in [0.15, 0.2) is 11.6 Å². The molecular formula is C66H94N8O13. The zero-order valence-corrected chi connectivity index (χ0v) is 52.3. The lowest BCUT2D eigenvalue weighted by molar-refractivity contribution is -0.147. The molecule has 0 saturated heterocycles. The summed E-state index contributed by atoms with van der Waals surface area (Å²) in [6.07, 6.45) is 23.1. The maximum absolute atomic E-state index is 13.7. The molecule has 0 aliphatic carbocycles. The standard InChI is InChI=1S/C66H94N8O13/c1-11-12-24-52(25-16-17-26-53(75)60(66(8,9)10)73-57(78)28-18-15-22-45(4)41-47(6)55-35-29-46(5)62(81)87-55)86-65(84)70-39-21-38-69-64(83)85-43-49-31-33-51(34-32-49)71-61(80)50(23-20-37-68-63(67)82)42-54(76)59(44(2)3)72-56(77)27-14-13-19-40-74-48(7)30-36-58(74)79/h11-12,15-18,22,28-34,36,41,44,47,50,52,55,59-60H,7,13-14,19-21,23-27,35,37-40,42-43H2,1-6,8-10H3,(H,69,83)(H,70,84)(H,71,80)(H,72,77)(H,73,78)(H3,67,68,82)/b12-11-,17-16-,22-15-,28-18-,45-41+/t47-,50+,52-,55-,59-,60+/m0/s1. The smallest absolute Gasteiger partial charge is 0.407 e. The number of nitrogens with zero attached hydrogens (tertiary/aromatic N) is 1. The van der Waals surface area contributed by atoms with E-state index in [1.54, 1.807) is 66.5 Å². The molecule has 1 aromatic carbocycles. The van der Waals surface area contributed by atoms with Crippen molar-refractivity contribution in [1.29, 1.82) is 0 Å². The van der Waals surface area contributed by atoms with Crippen LogP contribution in [0.15, 0.2) is 121 Å². The van der Waals surface area contributed by atoms with Crippen LogP contribution in [-0.2, 0) is 54.4 Å². The summed E-state index contributed by atoms with van der Waals surface area (Å²) in [5, 5.41) is 16.4. The van der Waals surface area contributed by atoms with Crippen LogP contribution in [-0.4, -0.2) is 115 Å². The van der Waals surface area contributed by atoms with Gasteiger partial charge in [-0.2, -0.15) is 0 Å². The molecule has 0 saturated carbocycles. The first-order chi connectivity index (χ1) is 41.3. The van der Waals surface area contributed by atoms with Crippen LogP contribution in [0.5, 0.6) is 0 Å². The number of nitrogens with one attached hydrogen (secondary N) is 6. The van der Waals surface area contributed by atoms with E-state index in [4.69, 9.17) is 19.9 Å². The van der Waals surface area contributed by atoms with Gasteiger partial charge in [0.05, 0.1) is 12.1 Å². The Morgan fingerprint density at radius 2 is 1.51 bits per heavy atom. The number of alkyl carbamates (subject to hydrolysis) is 2. The number of allylic oxidation sites excluding steroid dienone is 7. The third-order valence-corrected chi connectivity index (χ3v) is 14.3. The Labute approximate surface area is 513 Å². The molecule has 0 unspecified atom stereocenters. The molecule has 21 nitrogen and oxygen atoms in total. The molecule has 8 amide bonds. The molecule has 6 atom stereocenters. The Kier molecular flexibility index (Phi) is 32.4. The number of carbonyl (C=O) groups is 10. The number of nitrogens with two attached hydrogens (primary N) is 1. The fourth-order valence-corrected chi connectivity index (χ4v) is 9.31. The molecule has 87 heavy (non-hydrogen) atoms. The maximum Gasteiger partial charge on any atom is 0.407 e. The molecule has 0 fully saturated rings. The van der Waals surface area contributed by atoms with Gasteiger partial charge < -0.3 is 56.7 Å². The molecule has 2 aliphatic heterocycles. The van der Waals surface area contributed by atoms with Crippen LogP contribution in [0.25, 0.3) is 0 Å². The van der Waals surface area contributed by atoms with Gasteiger partial charge in [0.1, 0.15) is 18.8 Å². The molecule has 0 radical (unpaired) electrons. The molecule has 1 aromatic rings. The van der Waals surface area contributed by atoms with E-state index in [1.165, 1.54) is 12.2 Å². The lowest BCUT2D eigenvalue weighted by atomic mass is 9.83. The Bertz CT molecular complexity index is 2730. The number of primary amides is 1. The predicted molar refractivity (Wildman–Crippen MR) is 335 cm³/mol. The SMILES string of the molecule is C=C1C=CC(=O)N1CCCCCC(=O)N[C@H](C(=O)C[C@@H](CCCNC(N)=O)C(=O)Nc1ccc(COC(=O)NCCCNC(=O)O[C@@H](C/C=C\C)C/C=C\CC(=O)[C@@H](NC(=O)\C=C/C=C\C(C)=C\[C@H](C)[C@@H]2CC=C(C)C(=O)O2)C(C)(C)C)cc1)C(C)C. The van der Waals surface area contributed by atoms with Gasteiger partial charge in [-0.1, -0.05) is 127 Å². The average molecular weight is 1210 g/mol. The zero-order chi connectivity index (χ0) is 64.5. The van der Waals surface area contributed by atoms with Crippen molar-refractivity contribution in [3.05, 3.63) is 126 Å². The number of hydrogen-bond acceptors (Lipinski definition) is 13. The van der Waals surface area contributed by atoms with Crippen LogP contribution in [0.4, 0.5) is 20.1 Å². The highest BCUT2D eigenvalue weighted by Gasteiger charge is 2.32. The highest BCUT2D eigenvalue weighted by molar-refractivity contribution is 5.98. The van der Waals surface area contributed by atoms with Gasteiger partial charge in [0.2, 0.25) is 17.7 Å². The minimum absolute atomic E-state index is 0.00252. The maximum atomic E-state index is 13.7. The van der Waals surface area contributed by atoms with Crippen molar-refractivity contribution in [3.8, 4) is 0 Å². The van der Waals surface area contributed by atoms with Gasteiger partial charge in [0, 0.05) is 106 Å². The van der Waals surface area contributed by atoms with Crippen LogP contribution in [0.3, 0.4) is 0 Å². The van der Waals surface area contributed by atoms with Crippen molar-refractivity contribution in [2.75, 3.05) is 31.5 Å². The van der Waals surface area contributed by atoms with Crippen molar-refractivity contribution < 1.29 is 62.2 Å². The van der Waals surface area contributed by atoms with Crippen molar-refractivity contribution in [2.24, 2.45) is 28.9 Å². The van der Waals surface area contributed by atoms with Gasteiger partial charge in [-0.3, -0.25) is 28.8 Å². The molecule has 0 aromatic heterocycles. The van der Waals surface area contributed by atoms with E-state index < -0.39 is 59.6 Å². The highest BCUT2D eigenvalue weighted by Crippen LogP contribution is 2.25. The summed E-state index contributed by atoms with van der Waals surface area (Å²) in [5.74, 6) is -3.08. The average Bonchev–Trinajstić information content (AvgIpc) is 4.00. The Morgan fingerprint density at radius 1 is 0.828 bits per heavy atom. The van der Waals surface area contributed by atoms with Crippen molar-refractivity contribution in [3.63, 3.8) is 0 Å². The van der Waals surface area contributed by atoms with Crippen LogP contribution < -0.4 is 37.6 Å². The fraction of sp³-hybridized carbons (Fsp3) is 0.515. The quantitative estimate of drug-likeness (QED) is 0.00817. The number of urea groups is 1. The van der Waals surface area contributed by atoms with Crippen LogP contribution in [0.2, 0.25) is 0 Å². The number of amides is 8. The summed E-state index contributed by atoms with van der Waals surface area (Å²) in [6.45, 7) is 21.6. The summed E-state index contributed by atoms with van der Waals surface area (Å²) in [7, 11) is 0. The number of rotatable bonds is 37. The largest absolute Gasteiger partial charge is 0.458 e. The minimum Gasteiger partial charge on any atom is -0.458 e. The summed E-state index contributed by atoms with van der Waals surface area (Å²) in [6, 6.07) is 4.30. The van der Waals surface area contributed by atoms with Crippen LogP contribution in [0.1, 0.15) is 145 Å². The van der Waals surface area contributed by atoms with E-state index in [0.29, 0.717) is 80.4 Å². The Hall–Kier alpha value is -8.36. The Balaban J connectivity index is 1.40. The molecular weight excluding hydrogens is 1110 g/mol. The highest BCUT2D eigenvalue weighted by atomic mass is 16.6. The first-order valence-electron chi connectivity index (χ1n) is 30.1. The number of cyclic esters (lactones) is 1. The molecule has 8 N–H and O–H groups in total. The number of unbranched alkanes of at least 4 members (excludes halogenated alkanes) is 2. The van der Waals surface area contributed by atoms with E-state index in [-0.39, 0.29) is 99.2 Å². The Morgan fingerprint density at radius 3 is 2.15 bits per heavy atom. The molecule has 0 bridgehead atoms. The topological polar surface area (TPSA) is 300 Å². The van der Waals surface area contributed by atoms with Gasteiger partial charge in [-0.05, 0) is 88.0 Å². The number of carbonyl (C=O) groups excluding carboxylic acids is 10. The van der Waals surface area contributed by atoms with Crippen LogP contribution in [0, 0.1) is 23.2 Å². The zero-order valence-electron chi connectivity index (χ0n) is 52.3. The first kappa shape index (κ1) is 72.9. The van der Waals surface area contributed by atoms with Gasteiger partial charge in [-0.25, -0.2) is 19.2 Å². The number of anilines is 1. The van der Waals surface area contributed by atoms with Crippen molar-refractivity contribution in [1.82, 2.24) is 31.5 Å². The lowest BCUT2D eigenvalue weighted by Crippen LogP contribution is -2.48. The second kappa shape index (κ2) is 38.6. The number of benzene rings is 1. The number of hydrogen-bond donors (Lipinski definition) is 7. The number of esters is 1. The molecule has 21 heteroatoms. The second-order valence-corrected chi connectivity index (χ2v) is 23.3. The first-order valence-corrected chi connectivity index (χ1v) is 30.1. The lowest BCUT2D eigenvalue weighted by Gasteiger charge is -2.29. The summed E-state index contributed by atoms with van der Waals surface area (Å²) < 4.78 is 16.5. The van der Waals surface area contributed by atoms with E-state index >= 15 is 0 Å². The van der Waals surface area contributed by atoms with Gasteiger partial charge >= 0.3 is 24.2 Å². The normalized spacial score (nSPS) is 16.3. The monoisotopic (exact) mass is 1210 g/mol. The third-order valence-electron chi connectivity index (χ3n) is 14.3. The van der Waals surface area contributed by atoms with E-state index in [1.807, 2.05) is 85.8 Å². The van der Waals surface area contributed by atoms with Crippen molar-refractivity contribution >= 4 is 65.1 Å². The molecule has 476 valence electrons. The van der Waals surface area contributed by atoms with E-state index in [2.05, 4.69) is 38.5 Å². The minimum atomic E-state index is -0.830. The van der Waals surface area contributed by atoms with Crippen molar-refractivity contribution in [2.45, 2.75) is 170 Å². The molecule has 2 aliphatic rings. The van der Waals surface area contributed by atoms with Gasteiger partial charge in [0.25, 0.3) is 5.91 Å². The third kappa shape index (κ3) is 29.1.